The van der Waals surface area contributed by atoms with Gasteiger partial charge in [-0.1, -0.05) is 29.3 Å². The van der Waals surface area contributed by atoms with Gasteiger partial charge in [-0.15, -0.1) is 0 Å². The van der Waals surface area contributed by atoms with Gasteiger partial charge in [0.25, 0.3) is 15.9 Å². The summed E-state index contributed by atoms with van der Waals surface area (Å²) in [7, 11) is -2.57. The summed E-state index contributed by atoms with van der Waals surface area (Å²) in [5, 5.41) is 3.08. The molecule has 6 nitrogen and oxygen atoms in total. The van der Waals surface area contributed by atoms with Gasteiger partial charge < -0.3 is 10.1 Å². The summed E-state index contributed by atoms with van der Waals surface area (Å²) >= 11 is 12.1. The Balaban J connectivity index is 1.91. The fraction of sp³-hybridized carbons (Fsp3) is 0.136. The van der Waals surface area contributed by atoms with E-state index in [0.717, 1.165) is 11.1 Å². The first-order valence-corrected chi connectivity index (χ1v) is 11.4. The van der Waals surface area contributed by atoms with Gasteiger partial charge in [-0.2, -0.15) is 0 Å². The molecular weight excluding hydrogens is 459 g/mol. The maximum atomic E-state index is 12.9. The molecule has 3 aromatic carbocycles. The molecule has 0 aromatic heterocycles. The number of carbonyl (C=O) groups excluding carboxylic acids is 1. The lowest BCUT2D eigenvalue weighted by Crippen LogP contribution is -2.17. The number of aryl methyl sites for hydroxylation is 2. The fourth-order valence-corrected chi connectivity index (χ4v) is 4.59. The van der Waals surface area contributed by atoms with Crippen LogP contribution in [0.1, 0.15) is 21.5 Å². The van der Waals surface area contributed by atoms with Gasteiger partial charge in [-0.3, -0.25) is 9.52 Å². The Bertz CT molecular complexity index is 1260. The van der Waals surface area contributed by atoms with Crippen LogP contribution in [0.25, 0.3) is 0 Å². The number of methoxy groups -OCH3 is 1. The van der Waals surface area contributed by atoms with Crippen LogP contribution in [-0.2, 0) is 10.0 Å². The Kier molecular flexibility index (Phi) is 6.79. The third-order valence-corrected chi connectivity index (χ3v) is 6.75. The molecule has 31 heavy (non-hydrogen) atoms. The lowest BCUT2D eigenvalue weighted by Gasteiger charge is -2.13. The minimum Gasteiger partial charge on any atom is -0.495 e. The van der Waals surface area contributed by atoms with Crippen LogP contribution in [0, 0.1) is 13.8 Å². The van der Waals surface area contributed by atoms with E-state index >= 15 is 0 Å². The first kappa shape index (κ1) is 22.9. The van der Waals surface area contributed by atoms with Crippen molar-refractivity contribution in [1.29, 1.82) is 0 Å². The average Bonchev–Trinajstić information content (AvgIpc) is 2.71. The number of ether oxygens (including phenoxy) is 1. The van der Waals surface area contributed by atoms with Crippen LogP contribution in [0.4, 0.5) is 11.4 Å². The van der Waals surface area contributed by atoms with Crippen molar-refractivity contribution in [2.45, 2.75) is 18.7 Å². The van der Waals surface area contributed by atoms with Crippen molar-refractivity contribution >= 4 is 50.5 Å². The van der Waals surface area contributed by atoms with Crippen LogP contribution in [-0.4, -0.2) is 21.4 Å². The largest absolute Gasteiger partial charge is 0.495 e. The fourth-order valence-electron chi connectivity index (χ4n) is 2.84. The molecule has 0 heterocycles. The Morgan fingerprint density at radius 3 is 2.35 bits per heavy atom. The third kappa shape index (κ3) is 5.31. The predicted octanol–water partition coefficient (Wildman–Crippen LogP) is 5.67. The van der Waals surface area contributed by atoms with Gasteiger partial charge in [-0.25, -0.2) is 8.42 Å². The molecule has 3 rings (SSSR count). The Labute approximate surface area is 191 Å². The maximum absolute atomic E-state index is 12.9. The predicted molar refractivity (Wildman–Crippen MR) is 124 cm³/mol. The van der Waals surface area contributed by atoms with Gasteiger partial charge in [0.15, 0.2) is 0 Å². The molecule has 0 aliphatic rings. The van der Waals surface area contributed by atoms with Crippen LogP contribution >= 0.6 is 23.2 Å². The van der Waals surface area contributed by atoms with Gasteiger partial charge >= 0.3 is 0 Å². The van der Waals surface area contributed by atoms with E-state index in [1.165, 1.54) is 31.4 Å². The summed E-state index contributed by atoms with van der Waals surface area (Å²) in [5.74, 6) is -0.129. The summed E-state index contributed by atoms with van der Waals surface area (Å²) < 4.78 is 33.6. The molecule has 2 N–H and O–H groups in total. The first-order valence-electron chi connectivity index (χ1n) is 9.15. The highest BCUT2D eigenvalue weighted by molar-refractivity contribution is 7.92. The van der Waals surface area contributed by atoms with Gasteiger partial charge in [0.1, 0.15) is 10.6 Å². The molecule has 0 aliphatic heterocycles. The molecule has 0 radical (unpaired) electrons. The van der Waals surface area contributed by atoms with E-state index in [4.69, 9.17) is 27.9 Å². The van der Waals surface area contributed by atoms with Gasteiger partial charge in [0, 0.05) is 16.3 Å². The van der Waals surface area contributed by atoms with Crippen LogP contribution < -0.4 is 14.8 Å². The van der Waals surface area contributed by atoms with Crippen molar-refractivity contribution in [3.63, 3.8) is 0 Å². The van der Waals surface area contributed by atoms with E-state index in [1.807, 2.05) is 19.9 Å². The molecule has 0 saturated heterocycles. The standard InChI is InChI=1S/C22H20Cl2N2O4S/c1-13-4-7-17(10-14(13)2)26-31(28,29)21-11-15(5-8-18(21)24)22(27)25-19-12-16(23)6-9-20(19)30-3/h4-12,26H,1-3H3,(H,25,27). The Hall–Kier alpha value is -2.74. The smallest absolute Gasteiger partial charge is 0.263 e. The number of nitrogens with one attached hydrogen (secondary N) is 2. The van der Waals surface area contributed by atoms with Crippen molar-refractivity contribution in [2.24, 2.45) is 0 Å². The molecule has 0 atom stereocenters. The van der Waals surface area contributed by atoms with Crippen molar-refractivity contribution in [1.82, 2.24) is 0 Å². The molecular formula is C22H20Cl2N2O4S. The van der Waals surface area contributed by atoms with Crippen LogP contribution in [0.2, 0.25) is 10.0 Å². The van der Waals surface area contributed by atoms with Crippen molar-refractivity contribution < 1.29 is 17.9 Å². The second kappa shape index (κ2) is 9.18. The Morgan fingerprint density at radius 2 is 1.68 bits per heavy atom. The quantitative estimate of drug-likeness (QED) is 0.477. The van der Waals surface area contributed by atoms with Crippen molar-refractivity contribution in [3.05, 3.63) is 81.3 Å². The van der Waals surface area contributed by atoms with E-state index in [2.05, 4.69) is 10.0 Å². The molecule has 0 fully saturated rings. The highest BCUT2D eigenvalue weighted by Crippen LogP contribution is 2.29. The molecule has 0 unspecified atom stereocenters. The molecule has 9 heteroatoms. The van der Waals surface area contributed by atoms with E-state index in [0.29, 0.717) is 22.1 Å². The molecule has 1 amide bonds. The topological polar surface area (TPSA) is 84.5 Å². The maximum Gasteiger partial charge on any atom is 0.263 e. The highest BCUT2D eigenvalue weighted by Gasteiger charge is 2.21. The second-order valence-electron chi connectivity index (χ2n) is 6.85. The van der Waals surface area contributed by atoms with E-state index < -0.39 is 15.9 Å². The molecule has 0 aliphatic carbocycles. The van der Waals surface area contributed by atoms with Gasteiger partial charge in [0.05, 0.1) is 17.8 Å². The molecule has 0 bridgehead atoms. The summed E-state index contributed by atoms with van der Waals surface area (Å²) in [4.78, 5) is 12.5. The number of carbonyl (C=O) groups is 1. The number of hydrogen-bond acceptors (Lipinski definition) is 4. The number of halogens is 2. The molecule has 162 valence electrons. The van der Waals surface area contributed by atoms with Crippen LogP contribution in [0.3, 0.4) is 0 Å². The lowest BCUT2D eigenvalue weighted by molar-refractivity contribution is 0.102. The highest BCUT2D eigenvalue weighted by atomic mass is 35.5. The zero-order valence-corrected chi connectivity index (χ0v) is 19.3. The third-order valence-electron chi connectivity index (χ3n) is 4.65. The van der Waals surface area contributed by atoms with Crippen LogP contribution in [0.5, 0.6) is 5.75 Å². The Morgan fingerprint density at radius 1 is 0.935 bits per heavy atom. The zero-order valence-electron chi connectivity index (χ0n) is 17.0. The number of sulfonamides is 1. The van der Waals surface area contributed by atoms with Gasteiger partial charge in [-0.05, 0) is 73.5 Å². The number of benzene rings is 3. The summed E-state index contributed by atoms with van der Waals surface area (Å²) in [6.45, 7) is 3.82. The van der Waals surface area contributed by atoms with Crippen molar-refractivity contribution in [2.75, 3.05) is 17.1 Å². The minimum absolute atomic E-state index is 0.00628. The zero-order chi connectivity index (χ0) is 22.8. The first-order chi connectivity index (χ1) is 14.6. The summed E-state index contributed by atoms with van der Waals surface area (Å²) in [5.41, 5.74) is 2.84. The number of anilines is 2. The SMILES string of the molecule is COc1ccc(Cl)cc1NC(=O)c1ccc(Cl)c(S(=O)(=O)Nc2ccc(C)c(C)c2)c1. The molecule has 0 saturated carbocycles. The minimum atomic E-state index is -4.03. The molecule has 0 spiro atoms. The van der Waals surface area contributed by atoms with E-state index in [-0.39, 0.29) is 15.5 Å². The number of amides is 1. The van der Waals surface area contributed by atoms with Crippen LogP contribution in [0.15, 0.2) is 59.5 Å². The van der Waals surface area contributed by atoms with E-state index in [9.17, 15) is 13.2 Å². The summed E-state index contributed by atoms with van der Waals surface area (Å²) in [6.07, 6.45) is 0. The normalized spacial score (nSPS) is 11.1. The van der Waals surface area contributed by atoms with Gasteiger partial charge in [0.2, 0.25) is 0 Å². The summed E-state index contributed by atoms with van der Waals surface area (Å²) in [6, 6.07) is 14.0. The van der Waals surface area contributed by atoms with Crippen molar-refractivity contribution in [3.8, 4) is 5.75 Å². The molecule has 3 aromatic rings. The number of hydrogen-bond donors (Lipinski definition) is 2. The average molecular weight is 479 g/mol. The van der Waals surface area contributed by atoms with E-state index in [1.54, 1.807) is 24.3 Å². The second-order valence-corrected chi connectivity index (χ2v) is 9.34. The monoisotopic (exact) mass is 478 g/mol. The lowest BCUT2D eigenvalue weighted by atomic mass is 10.1. The number of rotatable bonds is 6.